The van der Waals surface area contributed by atoms with Crippen LogP contribution in [0, 0.1) is 5.92 Å². The summed E-state index contributed by atoms with van der Waals surface area (Å²) in [5.41, 5.74) is 0.188. The first-order valence-electron chi connectivity index (χ1n) is 6.34. The van der Waals surface area contributed by atoms with Crippen molar-refractivity contribution in [1.82, 2.24) is 4.90 Å². The third-order valence-electron chi connectivity index (χ3n) is 3.30. The summed E-state index contributed by atoms with van der Waals surface area (Å²) in [7, 11) is 0. The van der Waals surface area contributed by atoms with E-state index in [1.807, 2.05) is 0 Å². The predicted octanol–water partition coefficient (Wildman–Crippen LogP) is -0.375. The highest BCUT2D eigenvalue weighted by atomic mass is 16.5. The van der Waals surface area contributed by atoms with E-state index >= 15 is 0 Å². The lowest BCUT2D eigenvalue weighted by Crippen LogP contribution is -2.67. The fraction of sp³-hybridized carbons (Fsp3) is 0.462. The number of ether oxygens (including phenoxy) is 2. The molecule has 1 fully saturated rings. The van der Waals surface area contributed by atoms with Gasteiger partial charge in [0.25, 0.3) is 0 Å². The van der Waals surface area contributed by atoms with Gasteiger partial charge < -0.3 is 19.8 Å². The van der Waals surface area contributed by atoms with Crippen LogP contribution < -0.4 is 0 Å². The number of esters is 1. The van der Waals surface area contributed by atoms with Crippen LogP contribution in [0.5, 0.6) is 0 Å². The summed E-state index contributed by atoms with van der Waals surface area (Å²) in [6, 6.07) is 0. The van der Waals surface area contributed by atoms with Crippen molar-refractivity contribution in [3.63, 3.8) is 0 Å². The van der Waals surface area contributed by atoms with E-state index in [2.05, 4.69) is 11.7 Å². The molecule has 3 atom stereocenters. The highest BCUT2D eigenvalue weighted by molar-refractivity contribution is 6.03. The second-order valence-corrected chi connectivity index (χ2v) is 4.68. The molecule has 0 aliphatic carbocycles. The molecule has 1 saturated heterocycles. The Morgan fingerprint density at radius 2 is 2.43 bits per heavy atom. The zero-order chi connectivity index (χ0) is 15.6. The number of carbonyl (C=O) groups excluding carboxylic acids is 2. The van der Waals surface area contributed by atoms with E-state index in [1.165, 1.54) is 13.0 Å². The average Bonchev–Trinajstić information content (AvgIpc) is 2.44. The van der Waals surface area contributed by atoms with Gasteiger partial charge in [0.05, 0.1) is 18.9 Å². The zero-order valence-corrected chi connectivity index (χ0v) is 11.4. The van der Waals surface area contributed by atoms with Crippen molar-refractivity contribution in [3.8, 4) is 0 Å². The van der Waals surface area contributed by atoms with Gasteiger partial charge in [0.2, 0.25) is 5.91 Å². The predicted molar refractivity (Wildman–Crippen MR) is 70.2 cm³/mol. The van der Waals surface area contributed by atoms with Crippen molar-refractivity contribution < 1.29 is 29.4 Å². The van der Waals surface area contributed by atoms with Crippen molar-refractivity contribution in [3.05, 3.63) is 23.9 Å². The van der Waals surface area contributed by atoms with Crippen LogP contribution in [0.1, 0.15) is 6.92 Å². The van der Waals surface area contributed by atoms with Crippen LogP contribution in [0.2, 0.25) is 0 Å². The highest BCUT2D eigenvalue weighted by Gasteiger charge is 2.56. The van der Waals surface area contributed by atoms with Gasteiger partial charge in [0.15, 0.2) is 6.23 Å². The Hall–Kier alpha value is -2.19. The number of aliphatic hydroxyl groups is 1. The molecule has 0 aromatic rings. The Labute approximate surface area is 120 Å². The van der Waals surface area contributed by atoms with Crippen LogP contribution in [-0.4, -0.2) is 58.9 Å². The number of oxime groups is 1. The highest BCUT2D eigenvalue weighted by Crippen LogP contribution is 2.38. The molecule has 0 saturated carbocycles. The summed E-state index contributed by atoms with van der Waals surface area (Å²) in [5, 5.41) is 21.1. The topological polar surface area (TPSA) is 109 Å². The molecule has 0 bridgehead atoms. The number of amides is 1. The van der Waals surface area contributed by atoms with Crippen molar-refractivity contribution in [2.75, 3.05) is 13.2 Å². The maximum Gasteiger partial charge on any atom is 0.355 e. The van der Waals surface area contributed by atoms with Gasteiger partial charge in [-0.05, 0) is 6.92 Å². The SMILES string of the molecule is C=CCOC(=O)C1=C(C=NO)CO[C@@H]2[C@@H]([C@@H](C)O)C(=O)N12. The number of hydrogen-bond donors (Lipinski definition) is 2. The Balaban J connectivity index is 2.32. The third kappa shape index (κ3) is 2.55. The van der Waals surface area contributed by atoms with Crippen LogP contribution in [0.4, 0.5) is 0 Å². The second kappa shape index (κ2) is 6.06. The summed E-state index contributed by atoms with van der Waals surface area (Å²) in [4.78, 5) is 25.3. The monoisotopic (exact) mass is 296 g/mol. The molecule has 2 aliphatic rings. The normalized spacial score (nSPS) is 26.4. The molecule has 1 amide bonds. The Kier molecular flexibility index (Phi) is 4.39. The number of hydrogen-bond acceptors (Lipinski definition) is 7. The molecule has 2 rings (SSSR count). The first kappa shape index (κ1) is 15.2. The van der Waals surface area contributed by atoms with Crippen LogP contribution >= 0.6 is 0 Å². The van der Waals surface area contributed by atoms with E-state index in [0.29, 0.717) is 0 Å². The quantitative estimate of drug-likeness (QED) is 0.179. The lowest BCUT2D eigenvalue weighted by atomic mass is 9.88. The van der Waals surface area contributed by atoms with E-state index < -0.39 is 30.1 Å². The van der Waals surface area contributed by atoms with Gasteiger partial charge in [-0.3, -0.25) is 9.69 Å². The van der Waals surface area contributed by atoms with Crippen LogP contribution in [0.25, 0.3) is 0 Å². The maximum atomic E-state index is 12.1. The number of rotatable bonds is 5. The van der Waals surface area contributed by atoms with Crippen molar-refractivity contribution >= 4 is 18.1 Å². The molecule has 2 N–H and O–H groups in total. The van der Waals surface area contributed by atoms with Crippen molar-refractivity contribution in [1.29, 1.82) is 0 Å². The van der Waals surface area contributed by atoms with E-state index in [9.17, 15) is 14.7 Å². The third-order valence-corrected chi connectivity index (χ3v) is 3.30. The molecule has 0 radical (unpaired) electrons. The smallest absolute Gasteiger partial charge is 0.355 e. The molecule has 8 nitrogen and oxygen atoms in total. The molecule has 0 aromatic carbocycles. The summed E-state index contributed by atoms with van der Waals surface area (Å²) >= 11 is 0. The number of aliphatic hydroxyl groups excluding tert-OH is 1. The van der Waals surface area contributed by atoms with E-state index in [1.54, 1.807) is 0 Å². The molecular formula is C13H16N2O6. The zero-order valence-electron chi connectivity index (χ0n) is 11.4. The van der Waals surface area contributed by atoms with Gasteiger partial charge in [-0.25, -0.2) is 4.79 Å². The van der Waals surface area contributed by atoms with E-state index in [4.69, 9.17) is 14.7 Å². The first-order valence-corrected chi connectivity index (χ1v) is 6.34. The molecule has 2 heterocycles. The molecular weight excluding hydrogens is 280 g/mol. The molecule has 2 aliphatic heterocycles. The van der Waals surface area contributed by atoms with Crippen LogP contribution in [0.3, 0.4) is 0 Å². The second-order valence-electron chi connectivity index (χ2n) is 4.68. The standard InChI is InChI=1S/C13H16N2O6/c1-3-4-20-13(18)10-8(5-14-19)6-21-12-9(7(2)16)11(17)15(10)12/h3,5,7,9,12,16,19H,1,4,6H2,2H3/t7-,9+,12-/m1/s1. The molecule has 114 valence electrons. The van der Waals surface area contributed by atoms with Gasteiger partial charge in [-0.1, -0.05) is 17.8 Å². The largest absolute Gasteiger partial charge is 0.457 e. The van der Waals surface area contributed by atoms with Gasteiger partial charge in [-0.2, -0.15) is 0 Å². The number of β-lactam (4-membered cyclic amide) rings is 1. The minimum Gasteiger partial charge on any atom is -0.457 e. The lowest BCUT2D eigenvalue weighted by molar-refractivity contribution is -0.203. The maximum absolute atomic E-state index is 12.1. The summed E-state index contributed by atoms with van der Waals surface area (Å²) < 4.78 is 10.4. The fourth-order valence-corrected chi connectivity index (χ4v) is 2.35. The number of nitrogens with zero attached hydrogens (tertiary/aromatic N) is 2. The molecule has 0 aromatic heterocycles. The van der Waals surface area contributed by atoms with Gasteiger partial charge in [0, 0.05) is 5.57 Å². The average molecular weight is 296 g/mol. The number of fused-ring (bicyclic) bond motifs is 1. The van der Waals surface area contributed by atoms with Gasteiger partial charge in [0.1, 0.15) is 18.2 Å². The summed E-state index contributed by atoms with van der Waals surface area (Å²) in [6.45, 7) is 4.87. The minimum absolute atomic E-state index is 0.0146. The van der Waals surface area contributed by atoms with Crippen molar-refractivity contribution in [2.45, 2.75) is 19.3 Å². The Bertz CT molecular complexity index is 525. The van der Waals surface area contributed by atoms with Gasteiger partial charge in [-0.15, -0.1) is 0 Å². The minimum atomic E-state index is -0.891. The Morgan fingerprint density at radius 3 is 3.00 bits per heavy atom. The Morgan fingerprint density at radius 1 is 1.71 bits per heavy atom. The molecule has 8 heteroatoms. The number of carbonyl (C=O) groups is 2. The van der Waals surface area contributed by atoms with E-state index in [0.717, 1.165) is 11.1 Å². The summed E-state index contributed by atoms with van der Waals surface area (Å²) in [6.07, 6.45) is 0.798. The van der Waals surface area contributed by atoms with E-state index in [-0.39, 0.29) is 24.5 Å². The lowest BCUT2D eigenvalue weighted by Gasteiger charge is -2.50. The molecule has 0 spiro atoms. The van der Waals surface area contributed by atoms with Gasteiger partial charge >= 0.3 is 5.97 Å². The van der Waals surface area contributed by atoms with Crippen LogP contribution in [0.15, 0.2) is 29.1 Å². The molecule has 21 heavy (non-hydrogen) atoms. The first-order chi connectivity index (χ1) is 10.0. The molecule has 0 unspecified atom stereocenters. The fourth-order valence-electron chi connectivity index (χ4n) is 2.35. The summed E-state index contributed by atoms with van der Waals surface area (Å²) in [5.74, 6) is -1.90. The van der Waals surface area contributed by atoms with Crippen molar-refractivity contribution in [2.24, 2.45) is 11.1 Å². The van der Waals surface area contributed by atoms with Crippen LogP contribution in [-0.2, 0) is 19.1 Å².